The largest absolute Gasteiger partial charge is 0.474 e. The van der Waals surface area contributed by atoms with Gasteiger partial charge in [-0.15, -0.1) is 0 Å². The highest BCUT2D eigenvalue weighted by atomic mass is 35.5. The summed E-state index contributed by atoms with van der Waals surface area (Å²) in [5.74, 6) is -4.30. The van der Waals surface area contributed by atoms with Gasteiger partial charge in [-0.3, -0.25) is 4.79 Å². The van der Waals surface area contributed by atoms with Crippen molar-refractivity contribution in [2.45, 2.75) is 76.9 Å². The molecule has 13 heteroatoms. The number of carboxylic acid groups (broad SMARTS) is 1. The highest BCUT2D eigenvalue weighted by Crippen LogP contribution is 2.25. The Balaban J connectivity index is 0.000000297. The number of aliphatic hydroxyl groups excluding tert-OH is 2. The number of hydrogen-bond donors (Lipinski definition) is 5. The van der Waals surface area contributed by atoms with E-state index in [1.54, 1.807) is 26.8 Å². The second-order valence-corrected chi connectivity index (χ2v) is 13.7. The second kappa shape index (κ2) is 21.8. The van der Waals surface area contributed by atoms with Gasteiger partial charge in [-0.2, -0.15) is 0 Å². The van der Waals surface area contributed by atoms with Crippen molar-refractivity contribution in [2.75, 3.05) is 6.61 Å². The molecule has 4 aromatic carbocycles. The molecular weight excluding hydrogens is 735 g/mol. The Hall–Kier alpha value is -4.78. The van der Waals surface area contributed by atoms with Crippen LogP contribution in [0, 0.1) is 0 Å². The Morgan fingerprint density at radius 2 is 1.19 bits per heavy atom. The molecule has 0 fully saturated rings. The second-order valence-electron chi connectivity index (χ2n) is 12.8. The fourth-order valence-electron chi connectivity index (χ4n) is 5.41. The number of aliphatic hydroxyl groups is 2. The van der Waals surface area contributed by atoms with Crippen LogP contribution in [0.4, 0.5) is 0 Å². The Morgan fingerprint density at radius 1 is 0.704 bits per heavy atom. The molecule has 4 aromatic rings. The predicted molar refractivity (Wildman–Crippen MR) is 208 cm³/mol. The molecule has 0 heterocycles. The smallest absolute Gasteiger partial charge is 0.394 e. The van der Waals surface area contributed by atoms with Crippen molar-refractivity contribution in [3.8, 4) is 22.3 Å². The van der Waals surface area contributed by atoms with E-state index < -0.39 is 48.2 Å². The van der Waals surface area contributed by atoms with Gasteiger partial charge in [0.15, 0.2) is 12.2 Å². The Kier molecular flexibility index (Phi) is 17.6. The summed E-state index contributed by atoms with van der Waals surface area (Å²) in [6, 6.07) is 29.4. The van der Waals surface area contributed by atoms with E-state index in [9.17, 15) is 29.4 Å². The van der Waals surface area contributed by atoms with Gasteiger partial charge in [-0.05, 0) is 97.7 Å². The third kappa shape index (κ3) is 14.9. The molecule has 0 saturated heterocycles. The molecule has 1 amide bonds. The number of aliphatic carboxylic acids is 1. The van der Waals surface area contributed by atoms with Crippen LogP contribution in [0.15, 0.2) is 97.1 Å². The van der Waals surface area contributed by atoms with Crippen LogP contribution in [0.3, 0.4) is 0 Å². The van der Waals surface area contributed by atoms with Crippen LogP contribution in [0.25, 0.3) is 22.3 Å². The summed E-state index contributed by atoms with van der Waals surface area (Å²) in [4.78, 5) is 45.8. The number of carbonyl (C=O) groups is 4. The van der Waals surface area contributed by atoms with Crippen molar-refractivity contribution < 1.29 is 44.0 Å². The summed E-state index contributed by atoms with van der Waals surface area (Å²) in [5.41, 5.74) is 11.9. The lowest BCUT2D eigenvalue weighted by atomic mass is 9.97. The average Bonchev–Trinajstić information content (AvgIpc) is 3.12. The monoisotopic (exact) mass is 780 g/mol. The minimum atomic E-state index is -1.64. The molecule has 0 aliphatic rings. The molecular formula is C41H46Cl2N2O9. The maximum Gasteiger partial charge on any atom is 0.394 e. The SMILES string of the molecule is CC(C)OC(=O)[C@H](O)C[C@@H](Cc1ccc(-c2cccc(Cl)c2)cc1)NC(=O)C(=O)O.CCOC(=O)[C@H](O)C[C@H](N)Cc1ccc(-c2cccc(Cl)c2)cc1. The molecule has 0 saturated carbocycles. The maximum absolute atomic E-state index is 11.9. The minimum Gasteiger partial charge on any atom is -0.474 e. The van der Waals surface area contributed by atoms with Gasteiger partial charge in [0, 0.05) is 28.5 Å². The third-order valence-electron chi connectivity index (χ3n) is 7.95. The summed E-state index contributed by atoms with van der Waals surface area (Å²) in [7, 11) is 0. The first-order valence-electron chi connectivity index (χ1n) is 17.4. The molecule has 11 nitrogen and oxygen atoms in total. The topological polar surface area (TPSA) is 185 Å². The van der Waals surface area contributed by atoms with E-state index in [4.69, 9.17) is 43.5 Å². The lowest BCUT2D eigenvalue weighted by molar-refractivity contribution is -0.158. The van der Waals surface area contributed by atoms with Crippen molar-refractivity contribution in [3.63, 3.8) is 0 Å². The van der Waals surface area contributed by atoms with Crippen LogP contribution in [-0.4, -0.2) is 76.1 Å². The maximum atomic E-state index is 11.9. The van der Waals surface area contributed by atoms with Crippen LogP contribution in [0.2, 0.25) is 10.0 Å². The van der Waals surface area contributed by atoms with Gasteiger partial charge in [0.1, 0.15) is 0 Å². The van der Waals surface area contributed by atoms with Crippen molar-refractivity contribution >= 4 is 47.0 Å². The van der Waals surface area contributed by atoms with Crippen LogP contribution in [0.5, 0.6) is 0 Å². The highest BCUT2D eigenvalue weighted by Gasteiger charge is 2.26. The lowest BCUT2D eigenvalue weighted by Crippen LogP contribution is -2.43. The van der Waals surface area contributed by atoms with Crippen molar-refractivity contribution in [3.05, 3.63) is 118 Å². The van der Waals surface area contributed by atoms with Crippen molar-refractivity contribution in [1.29, 1.82) is 0 Å². The van der Waals surface area contributed by atoms with E-state index in [0.29, 0.717) is 16.5 Å². The number of carboxylic acids is 1. The van der Waals surface area contributed by atoms with E-state index in [1.807, 2.05) is 91.0 Å². The molecule has 0 unspecified atom stereocenters. The highest BCUT2D eigenvalue weighted by molar-refractivity contribution is 6.31. The number of carbonyl (C=O) groups excluding carboxylic acids is 3. The van der Waals surface area contributed by atoms with Gasteiger partial charge in [0.2, 0.25) is 0 Å². The molecule has 6 N–H and O–H groups in total. The summed E-state index contributed by atoms with van der Waals surface area (Å²) in [5, 5.41) is 32.4. The molecule has 0 aromatic heterocycles. The number of ether oxygens (including phenoxy) is 2. The standard InChI is InChI=1S/C22H24ClNO6.C19H22ClNO3/c1-13(2)30-22(29)19(25)12-18(24-20(26)21(27)28)10-14-6-8-15(9-7-14)16-4-3-5-17(23)11-16;1-2-24-19(23)18(22)12-17(21)10-13-6-8-14(9-7-13)15-4-3-5-16(20)11-15/h3-9,11,13,18-19,25H,10,12H2,1-2H3,(H,24,26)(H,27,28);3-9,11,17-18,22H,2,10,12,21H2,1H3/t18-,19-;17-,18-/m11/s1. The molecule has 0 bridgehead atoms. The lowest BCUT2D eigenvalue weighted by Gasteiger charge is -2.21. The quantitative estimate of drug-likeness (QED) is 0.0707. The van der Waals surface area contributed by atoms with Gasteiger partial charge in [0.25, 0.3) is 0 Å². The Labute approximate surface area is 325 Å². The summed E-state index contributed by atoms with van der Waals surface area (Å²) >= 11 is 12.0. The van der Waals surface area contributed by atoms with Gasteiger partial charge in [-0.25, -0.2) is 14.4 Å². The molecule has 54 heavy (non-hydrogen) atoms. The molecule has 4 atom stereocenters. The molecule has 0 aliphatic carbocycles. The first-order valence-corrected chi connectivity index (χ1v) is 18.1. The molecule has 4 rings (SSSR count). The van der Waals surface area contributed by atoms with Crippen LogP contribution < -0.4 is 11.1 Å². The average molecular weight is 782 g/mol. The zero-order chi connectivity index (χ0) is 39.8. The predicted octanol–water partition coefficient (Wildman–Crippen LogP) is 6.01. The van der Waals surface area contributed by atoms with Gasteiger partial charge in [-0.1, -0.05) is 96.0 Å². The van der Waals surface area contributed by atoms with Crippen LogP contribution in [-0.2, 0) is 41.5 Å². The number of halogens is 2. The van der Waals surface area contributed by atoms with Crippen molar-refractivity contribution in [1.82, 2.24) is 5.32 Å². The number of nitrogens with two attached hydrogens (primary N) is 1. The fraction of sp³-hybridized carbons (Fsp3) is 0.317. The Bertz CT molecular complexity index is 1840. The summed E-state index contributed by atoms with van der Waals surface area (Å²) < 4.78 is 9.73. The van der Waals surface area contributed by atoms with E-state index in [0.717, 1.165) is 33.4 Å². The number of rotatable bonds is 15. The molecule has 0 radical (unpaired) electrons. The van der Waals surface area contributed by atoms with E-state index >= 15 is 0 Å². The van der Waals surface area contributed by atoms with E-state index in [-0.39, 0.29) is 31.9 Å². The van der Waals surface area contributed by atoms with Gasteiger partial charge < -0.3 is 35.8 Å². The van der Waals surface area contributed by atoms with Crippen molar-refractivity contribution in [2.24, 2.45) is 5.73 Å². The van der Waals surface area contributed by atoms with Gasteiger partial charge >= 0.3 is 23.8 Å². The number of esters is 2. The molecule has 0 aliphatic heterocycles. The van der Waals surface area contributed by atoms with Gasteiger partial charge in [0.05, 0.1) is 12.7 Å². The number of benzene rings is 4. The zero-order valence-electron chi connectivity index (χ0n) is 30.3. The summed E-state index contributed by atoms with van der Waals surface area (Å²) in [6.45, 7) is 5.24. The number of hydrogen-bond acceptors (Lipinski definition) is 9. The first kappa shape index (κ1) is 43.6. The van der Waals surface area contributed by atoms with E-state index in [1.165, 1.54) is 0 Å². The normalized spacial score (nSPS) is 13.1. The fourth-order valence-corrected chi connectivity index (χ4v) is 5.79. The van der Waals surface area contributed by atoms with E-state index in [2.05, 4.69) is 5.32 Å². The minimum absolute atomic E-state index is 0.175. The van der Waals surface area contributed by atoms with Crippen LogP contribution in [0.1, 0.15) is 44.7 Å². The molecule has 288 valence electrons. The molecule has 0 spiro atoms. The number of amides is 1. The number of nitrogens with one attached hydrogen (secondary N) is 1. The zero-order valence-corrected chi connectivity index (χ0v) is 31.8. The first-order chi connectivity index (χ1) is 25.6. The Morgan fingerprint density at radius 3 is 1.63 bits per heavy atom. The summed E-state index contributed by atoms with van der Waals surface area (Å²) in [6.07, 6.45) is -2.27. The third-order valence-corrected chi connectivity index (χ3v) is 8.42. The van der Waals surface area contributed by atoms with Crippen LogP contribution >= 0.6 is 23.2 Å².